The first-order valence-corrected chi connectivity index (χ1v) is 6.52. The molecule has 0 bridgehead atoms. The van der Waals surface area contributed by atoms with Crippen molar-refractivity contribution >= 4 is 33.7 Å². The summed E-state index contributed by atoms with van der Waals surface area (Å²) < 4.78 is 0.938. The maximum Gasteiger partial charge on any atom is 0.324 e. The van der Waals surface area contributed by atoms with Gasteiger partial charge in [0.15, 0.2) is 5.41 Å². The second kappa shape index (κ2) is 4.25. The number of hydrogen-bond acceptors (Lipinski definition) is 5. The van der Waals surface area contributed by atoms with Crippen LogP contribution in [0.5, 0.6) is 0 Å². The highest BCUT2D eigenvalue weighted by Crippen LogP contribution is 2.36. The Morgan fingerprint density at radius 1 is 1.42 bits per heavy atom. The Bertz CT molecular complexity index is 674. The van der Waals surface area contributed by atoms with Crippen LogP contribution in [0.4, 0.5) is 0 Å². The SMILES string of the molecule is NC1N=CC=CC1(C(=O)O)c1nc2ccccc2s1. The summed E-state index contributed by atoms with van der Waals surface area (Å²) in [4.78, 5) is 20.1. The van der Waals surface area contributed by atoms with E-state index in [-0.39, 0.29) is 0 Å². The molecule has 1 aromatic carbocycles. The number of aliphatic carboxylic acids is 1. The smallest absolute Gasteiger partial charge is 0.324 e. The second-order valence-electron chi connectivity index (χ2n) is 4.26. The van der Waals surface area contributed by atoms with E-state index >= 15 is 0 Å². The molecular formula is C13H11N3O2S. The Morgan fingerprint density at radius 3 is 2.89 bits per heavy atom. The molecule has 0 aliphatic carbocycles. The fourth-order valence-corrected chi connectivity index (χ4v) is 3.25. The maximum atomic E-state index is 11.7. The summed E-state index contributed by atoms with van der Waals surface area (Å²) in [6, 6.07) is 7.53. The van der Waals surface area contributed by atoms with Gasteiger partial charge in [0.2, 0.25) is 0 Å². The Morgan fingerprint density at radius 2 is 2.21 bits per heavy atom. The zero-order valence-corrected chi connectivity index (χ0v) is 10.7. The van der Waals surface area contributed by atoms with Gasteiger partial charge in [-0.1, -0.05) is 18.2 Å². The minimum Gasteiger partial charge on any atom is -0.480 e. The number of allylic oxidation sites excluding steroid dienone is 1. The number of fused-ring (bicyclic) bond motifs is 1. The first-order valence-electron chi connectivity index (χ1n) is 5.70. The highest BCUT2D eigenvalue weighted by Gasteiger charge is 2.47. The fourth-order valence-electron chi connectivity index (χ4n) is 2.09. The monoisotopic (exact) mass is 273 g/mol. The molecule has 0 saturated carbocycles. The molecule has 3 rings (SSSR count). The summed E-state index contributed by atoms with van der Waals surface area (Å²) in [7, 11) is 0. The fraction of sp³-hybridized carbons (Fsp3) is 0.154. The van der Waals surface area contributed by atoms with E-state index in [0.29, 0.717) is 5.01 Å². The van der Waals surface area contributed by atoms with Gasteiger partial charge in [-0.25, -0.2) is 4.98 Å². The number of thiazole rings is 1. The van der Waals surface area contributed by atoms with Crippen LogP contribution in [0.1, 0.15) is 5.01 Å². The van der Waals surface area contributed by atoms with Gasteiger partial charge in [-0.2, -0.15) is 0 Å². The number of nitrogens with zero attached hydrogens (tertiary/aromatic N) is 2. The van der Waals surface area contributed by atoms with Crippen molar-refractivity contribution in [3.05, 3.63) is 41.4 Å². The number of nitrogens with two attached hydrogens (primary N) is 1. The number of benzene rings is 1. The normalized spacial score (nSPS) is 25.8. The zero-order chi connectivity index (χ0) is 13.5. The van der Waals surface area contributed by atoms with Crippen molar-refractivity contribution in [1.29, 1.82) is 0 Å². The lowest BCUT2D eigenvalue weighted by Crippen LogP contribution is -2.50. The van der Waals surface area contributed by atoms with Crippen LogP contribution < -0.4 is 5.73 Å². The van der Waals surface area contributed by atoms with E-state index in [4.69, 9.17) is 5.73 Å². The minimum absolute atomic E-state index is 0.460. The summed E-state index contributed by atoms with van der Waals surface area (Å²) >= 11 is 1.34. The Kier molecular flexibility index (Phi) is 2.69. The van der Waals surface area contributed by atoms with E-state index in [1.807, 2.05) is 24.3 Å². The van der Waals surface area contributed by atoms with E-state index in [9.17, 15) is 9.90 Å². The van der Waals surface area contributed by atoms with Crippen molar-refractivity contribution in [3.8, 4) is 0 Å². The van der Waals surface area contributed by atoms with Crippen LogP contribution >= 0.6 is 11.3 Å². The molecule has 1 aromatic heterocycles. The van der Waals surface area contributed by atoms with Gasteiger partial charge in [0, 0.05) is 6.21 Å². The number of para-hydroxylation sites is 1. The lowest BCUT2D eigenvalue weighted by atomic mass is 9.84. The molecule has 2 atom stereocenters. The molecule has 1 aliphatic rings. The molecule has 0 radical (unpaired) electrons. The van der Waals surface area contributed by atoms with Crippen LogP contribution in [0.25, 0.3) is 10.2 Å². The van der Waals surface area contributed by atoms with Gasteiger partial charge in [0.05, 0.1) is 10.2 Å². The van der Waals surface area contributed by atoms with Crippen molar-refractivity contribution in [2.45, 2.75) is 11.6 Å². The topological polar surface area (TPSA) is 88.6 Å². The number of aromatic nitrogens is 1. The van der Waals surface area contributed by atoms with Crippen LogP contribution in [0.3, 0.4) is 0 Å². The third-order valence-corrected chi connectivity index (χ3v) is 4.35. The van der Waals surface area contributed by atoms with E-state index < -0.39 is 17.6 Å². The number of aliphatic imine (C=N–C) groups is 1. The molecule has 0 fully saturated rings. The molecule has 3 N–H and O–H groups in total. The van der Waals surface area contributed by atoms with E-state index in [1.54, 1.807) is 12.2 Å². The van der Waals surface area contributed by atoms with Crippen molar-refractivity contribution in [1.82, 2.24) is 4.98 Å². The van der Waals surface area contributed by atoms with Gasteiger partial charge >= 0.3 is 5.97 Å². The number of carboxylic acid groups (broad SMARTS) is 1. The summed E-state index contributed by atoms with van der Waals surface area (Å²) in [6.45, 7) is 0. The molecule has 2 heterocycles. The summed E-state index contributed by atoms with van der Waals surface area (Å²) in [5.41, 5.74) is 5.31. The number of dihydropyridines is 1. The molecule has 0 spiro atoms. The number of hydrogen-bond donors (Lipinski definition) is 2. The molecule has 0 saturated heterocycles. The second-order valence-corrected chi connectivity index (χ2v) is 5.29. The van der Waals surface area contributed by atoms with Gasteiger partial charge in [-0.3, -0.25) is 9.79 Å². The molecule has 19 heavy (non-hydrogen) atoms. The van der Waals surface area contributed by atoms with Gasteiger partial charge in [-0.15, -0.1) is 11.3 Å². The highest BCUT2D eigenvalue weighted by atomic mass is 32.1. The molecule has 2 unspecified atom stereocenters. The average Bonchev–Trinajstić information content (AvgIpc) is 2.83. The summed E-state index contributed by atoms with van der Waals surface area (Å²) in [5.74, 6) is -1.04. The van der Waals surface area contributed by atoms with Gasteiger partial charge in [-0.05, 0) is 18.2 Å². The van der Waals surface area contributed by atoms with E-state index in [1.165, 1.54) is 17.6 Å². The van der Waals surface area contributed by atoms with Crippen molar-refractivity contribution in [2.75, 3.05) is 0 Å². The summed E-state index contributed by atoms with van der Waals surface area (Å²) in [5, 5.41) is 10.1. The van der Waals surface area contributed by atoms with E-state index in [0.717, 1.165) is 10.2 Å². The predicted octanol–water partition coefficient (Wildman–Crippen LogP) is 1.54. The predicted molar refractivity (Wildman–Crippen MR) is 74.5 cm³/mol. The first-order chi connectivity index (χ1) is 9.14. The lowest BCUT2D eigenvalue weighted by Gasteiger charge is -2.29. The standard InChI is InChI=1S/C13H11N3O2S/c14-10-13(12(17)18,6-3-7-15-10)11-16-8-4-1-2-5-9(8)19-11/h1-7,10H,14H2,(H,17,18). The third kappa shape index (κ3) is 1.68. The van der Waals surface area contributed by atoms with Crippen LogP contribution in [-0.4, -0.2) is 28.4 Å². The Labute approximate surface area is 113 Å². The van der Waals surface area contributed by atoms with Crippen molar-refractivity contribution in [2.24, 2.45) is 10.7 Å². The van der Waals surface area contributed by atoms with E-state index in [2.05, 4.69) is 9.98 Å². The Balaban J connectivity index is 2.23. The molecule has 1 aliphatic heterocycles. The van der Waals surface area contributed by atoms with Crippen molar-refractivity contribution in [3.63, 3.8) is 0 Å². The van der Waals surface area contributed by atoms with Crippen LogP contribution in [0, 0.1) is 0 Å². The van der Waals surface area contributed by atoms with Crippen LogP contribution in [0.15, 0.2) is 41.4 Å². The van der Waals surface area contributed by atoms with Crippen LogP contribution in [0.2, 0.25) is 0 Å². The zero-order valence-electron chi connectivity index (χ0n) is 9.85. The van der Waals surface area contributed by atoms with Crippen LogP contribution in [-0.2, 0) is 10.2 Å². The Hall–Kier alpha value is -2.05. The summed E-state index contributed by atoms with van der Waals surface area (Å²) in [6.07, 6.45) is 3.81. The largest absolute Gasteiger partial charge is 0.480 e. The number of carboxylic acids is 1. The minimum atomic E-state index is -1.38. The highest BCUT2D eigenvalue weighted by molar-refractivity contribution is 7.18. The molecule has 2 aromatic rings. The quantitative estimate of drug-likeness (QED) is 0.868. The maximum absolute atomic E-state index is 11.7. The lowest BCUT2D eigenvalue weighted by molar-refractivity contribution is -0.142. The third-order valence-electron chi connectivity index (χ3n) is 3.16. The van der Waals surface area contributed by atoms with Gasteiger partial charge in [0.1, 0.15) is 11.2 Å². The van der Waals surface area contributed by atoms with Gasteiger partial charge < -0.3 is 10.8 Å². The number of rotatable bonds is 2. The first kappa shape index (κ1) is 12.0. The molecule has 6 heteroatoms. The molecule has 5 nitrogen and oxygen atoms in total. The van der Waals surface area contributed by atoms with Crippen molar-refractivity contribution < 1.29 is 9.90 Å². The molecule has 0 amide bonds. The number of carbonyl (C=O) groups is 1. The molecular weight excluding hydrogens is 262 g/mol. The van der Waals surface area contributed by atoms with Gasteiger partial charge in [0.25, 0.3) is 0 Å². The molecule has 96 valence electrons. The average molecular weight is 273 g/mol.